The number of nitrogens with zero attached hydrogens (tertiary/aromatic N) is 4. The molecule has 1 aliphatic rings. The zero-order valence-corrected chi connectivity index (χ0v) is 14.5. The molecule has 134 valence electrons. The number of anilines is 1. The monoisotopic (exact) mass is 352 g/mol. The number of benzene rings is 1. The SMILES string of the molecule is COc1ccc(-c2noc(-c3ccnc(N4CCCC(O)C4)c3)n2)cc1. The molecule has 0 amide bonds. The molecular formula is C19H20N4O3. The van der Waals surface area contributed by atoms with Gasteiger partial charge in [0.15, 0.2) is 0 Å². The highest BCUT2D eigenvalue weighted by molar-refractivity contribution is 5.62. The maximum absolute atomic E-state index is 9.87. The Hall–Kier alpha value is -2.93. The van der Waals surface area contributed by atoms with Crippen molar-refractivity contribution in [3.63, 3.8) is 0 Å². The second-order valence-corrected chi connectivity index (χ2v) is 6.30. The number of methoxy groups -OCH3 is 1. The van der Waals surface area contributed by atoms with E-state index >= 15 is 0 Å². The van der Waals surface area contributed by atoms with E-state index in [1.54, 1.807) is 13.3 Å². The zero-order valence-electron chi connectivity index (χ0n) is 14.5. The molecule has 7 heteroatoms. The fourth-order valence-electron chi connectivity index (χ4n) is 3.09. The van der Waals surface area contributed by atoms with E-state index in [0.717, 1.165) is 42.1 Å². The summed E-state index contributed by atoms with van der Waals surface area (Å²) < 4.78 is 10.6. The second kappa shape index (κ2) is 7.13. The number of aliphatic hydroxyl groups is 1. The molecule has 3 aromatic rings. The van der Waals surface area contributed by atoms with Crippen LogP contribution in [0.3, 0.4) is 0 Å². The summed E-state index contributed by atoms with van der Waals surface area (Å²) in [6.07, 6.45) is 3.21. The number of pyridine rings is 1. The number of aliphatic hydroxyl groups excluding tert-OH is 1. The van der Waals surface area contributed by atoms with Gasteiger partial charge in [-0.2, -0.15) is 4.98 Å². The number of hydrogen-bond donors (Lipinski definition) is 1. The molecular weight excluding hydrogens is 332 g/mol. The van der Waals surface area contributed by atoms with Gasteiger partial charge in [-0.3, -0.25) is 0 Å². The Morgan fingerprint density at radius 1 is 1.19 bits per heavy atom. The second-order valence-electron chi connectivity index (χ2n) is 6.30. The van der Waals surface area contributed by atoms with Crippen LogP contribution in [0.2, 0.25) is 0 Å². The molecule has 0 aliphatic carbocycles. The molecule has 1 fully saturated rings. The summed E-state index contributed by atoms with van der Waals surface area (Å²) in [7, 11) is 1.63. The van der Waals surface area contributed by atoms with Crippen LogP contribution in [0.5, 0.6) is 5.75 Å². The van der Waals surface area contributed by atoms with E-state index in [0.29, 0.717) is 18.3 Å². The third kappa shape index (κ3) is 3.39. The number of piperidine rings is 1. The van der Waals surface area contributed by atoms with Gasteiger partial charge in [0.2, 0.25) is 5.82 Å². The number of ether oxygens (including phenoxy) is 1. The fraction of sp³-hybridized carbons (Fsp3) is 0.316. The van der Waals surface area contributed by atoms with Gasteiger partial charge in [0.1, 0.15) is 11.6 Å². The molecule has 0 saturated carbocycles. The summed E-state index contributed by atoms with van der Waals surface area (Å²) in [5, 5.41) is 13.9. The van der Waals surface area contributed by atoms with Crippen molar-refractivity contribution < 1.29 is 14.4 Å². The first-order chi connectivity index (χ1) is 12.7. The van der Waals surface area contributed by atoms with E-state index in [-0.39, 0.29) is 6.10 Å². The van der Waals surface area contributed by atoms with E-state index in [2.05, 4.69) is 20.0 Å². The summed E-state index contributed by atoms with van der Waals surface area (Å²) in [4.78, 5) is 11.0. The van der Waals surface area contributed by atoms with Crippen molar-refractivity contribution in [3.05, 3.63) is 42.6 Å². The average molecular weight is 352 g/mol. The Bertz CT molecular complexity index is 879. The first kappa shape index (κ1) is 16.5. The van der Waals surface area contributed by atoms with Gasteiger partial charge in [0, 0.05) is 30.4 Å². The summed E-state index contributed by atoms with van der Waals surface area (Å²) in [5.41, 5.74) is 1.66. The highest BCUT2D eigenvalue weighted by Gasteiger charge is 2.20. The molecule has 1 N–H and O–H groups in total. The van der Waals surface area contributed by atoms with Crippen LogP contribution in [0.4, 0.5) is 5.82 Å². The highest BCUT2D eigenvalue weighted by Crippen LogP contribution is 2.26. The fourth-order valence-corrected chi connectivity index (χ4v) is 3.09. The third-order valence-corrected chi connectivity index (χ3v) is 4.49. The van der Waals surface area contributed by atoms with Crippen molar-refractivity contribution in [1.29, 1.82) is 0 Å². The van der Waals surface area contributed by atoms with Gasteiger partial charge in [-0.25, -0.2) is 4.98 Å². The number of β-amino-alcohol motifs (C(OH)–C–C–N with tert-alkyl or cyclic N) is 1. The van der Waals surface area contributed by atoms with Crippen LogP contribution >= 0.6 is 0 Å². The van der Waals surface area contributed by atoms with Crippen molar-refractivity contribution >= 4 is 5.82 Å². The van der Waals surface area contributed by atoms with Gasteiger partial charge < -0.3 is 19.3 Å². The Labute approximate surface area is 151 Å². The molecule has 1 atom stereocenters. The molecule has 1 aliphatic heterocycles. The molecule has 0 spiro atoms. The molecule has 1 unspecified atom stereocenters. The maximum Gasteiger partial charge on any atom is 0.258 e. The van der Waals surface area contributed by atoms with E-state index in [1.165, 1.54) is 0 Å². The minimum Gasteiger partial charge on any atom is -0.497 e. The average Bonchev–Trinajstić information content (AvgIpc) is 3.18. The van der Waals surface area contributed by atoms with Crippen LogP contribution in [-0.2, 0) is 0 Å². The van der Waals surface area contributed by atoms with Gasteiger partial charge in [-0.05, 0) is 49.2 Å². The molecule has 1 saturated heterocycles. The van der Waals surface area contributed by atoms with E-state index in [1.807, 2.05) is 36.4 Å². The van der Waals surface area contributed by atoms with E-state index in [9.17, 15) is 5.11 Å². The topological polar surface area (TPSA) is 84.5 Å². The van der Waals surface area contributed by atoms with Gasteiger partial charge >= 0.3 is 0 Å². The van der Waals surface area contributed by atoms with Gasteiger partial charge in [-0.15, -0.1) is 0 Å². The van der Waals surface area contributed by atoms with Crippen LogP contribution in [0.25, 0.3) is 22.8 Å². The van der Waals surface area contributed by atoms with Gasteiger partial charge in [0.05, 0.1) is 13.2 Å². The Morgan fingerprint density at radius 2 is 2.04 bits per heavy atom. The predicted octanol–water partition coefficient (Wildman–Crippen LogP) is 2.77. The van der Waals surface area contributed by atoms with Crippen molar-refractivity contribution in [3.8, 4) is 28.6 Å². The Morgan fingerprint density at radius 3 is 2.81 bits per heavy atom. The van der Waals surface area contributed by atoms with Crippen LogP contribution in [0, 0.1) is 0 Å². The predicted molar refractivity (Wildman–Crippen MR) is 97.0 cm³/mol. The largest absolute Gasteiger partial charge is 0.497 e. The highest BCUT2D eigenvalue weighted by atomic mass is 16.5. The molecule has 1 aromatic carbocycles. The number of aromatic nitrogens is 3. The smallest absolute Gasteiger partial charge is 0.258 e. The molecule has 26 heavy (non-hydrogen) atoms. The van der Waals surface area contributed by atoms with Crippen molar-refractivity contribution in [2.45, 2.75) is 18.9 Å². The summed E-state index contributed by atoms with van der Waals surface area (Å²) in [6, 6.07) is 11.3. The van der Waals surface area contributed by atoms with Crippen LogP contribution in [0.1, 0.15) is 12.8 Å². The quantitative estimate of drug-likeness (QED) is 0.773. The summed E-state index contributed by atoms with van der Waals surface area (Å²) >= 11 is 0. The van der Waals surface area contributed by atoms with E-state index in [4.69, 9.17) is 9.26 Å². The lowest BCUT2D eigenvalue weighted by molar-refractivity contribution is 0.154. The molecule has 0 radical (unpaired) electrons. The van der Waals surface area contributed by atoms with Gasteiger partial charge in [-0.1, -0.05) is 5.16 Å². The first-order valence-corrected chi connectivity index (χ1v) is 8.60. The lowest BCUT2D eigenvalue weighted by Crippen LogP contribution is -2.38. The molecule has 3 heterocycles. The van der Waals surface area contributed by atoms with Crippen LogP contribution < -0.4 is 9.64 Å². The first-order valence-electron chi connectivity index (χ1n) is 8.60. The minimum atomic E-state index is -0.306. The summed E-state index contributed by atoms with van der Waals surface area (Å²) in [5.74, 6) is 2.55. The van der Waals surface area contributed by atoms with Crippen LogP contribution in [0.15, 0.2) is 47.1 Å². The lowest BCUT2D eigenvalue weighted by Gasteiger charge is -2.31. The lowest BCUT2D eigenvalue weighted by atomic mass is 10.1. The molecule has 0 bridgehead atoms. The van der Waals surface area contributed by atoms with Crippen molar-refractivity contribution in [2.75, 3.05) is 25.1 Å². The molecule has 2 aromatic heterocycles. The maximum atomic E-state index is 9.87. The normalized spacial score (nSPS) is 17.3. The number of hydrogen-bond acceptors (Lipinski definition) is 7. The van der Waals surface area contributed by atoms with E-state index < -0.39 is 0 Å². The molecule has 4 rings (SSSR count). The van der Waals surface area contributed by atoms with Crippen molar-refractivity contribution in [2.24, 2.45) is 0 Å². The van der Waals surface area contributed by atoms with Gasteiger partial charge in [0.25, 0.3) is 5.89 Å². The summed E-state index contributed by atoms with van der Waals surface area (Å²) in [6.45, 7) is 1.48. The third-order valence-electron chi connectivity index (χ3n) is 4.49. The zero-order chi connectivity index (χ0) is 17.9. The Balaban J connectivity index is 1.58. The standard InChI is InChI=1S/C19H20N4O3/c1-25-16-6-4-13(5-7-16)18-21-19(26-22-18)14-8-9-20-17(11-14)23-10-2-3-15(24)12-23/h4-9,11,15,24H,2-3,10,12H2,1H3. The van der Waals surface area contributed by atoms with Crippen LogP contribution in [-0.4, -0.2) is 46.5 Å². The minimum absolute atomic E-state index is 0.306. The van der Waals surface area contributed by atoms with Crippen molar-refractivity contribution in [1.82, 2.24) is 15.1 Å². The molecule has 7 nitrogen and oxygen atoms in total. The number of rotatable bonds is 4. The Kier molecular flexibility index (Phi) is 4.53.